The van der Waals surface area contributed by atoms with E-state index in [1.165, 1.54) is 14.2 Å². The van der Waals surface area contributed by atoms with Gasteiger partial charge in [0.2, 0.25) is 0 Å². The second kappa shape index (κ2) is 4.33. The third kappa shape index (κ3) is 2.65. The zero-order valence-electron chi connectivity index (χ0n) is 7.37. The van der Waals surface area contributed by atoms with Crippen molar-refractivity contribution in [2.45, 2.75) is 25.5 Å². The van der Waals surface area contributed by atoms with Gasteiger partial charge < -0.3 is 0 Å². The summed E-state index contributed by atoms with van der Waals surface area (Å²) in [6.45, 7) is 3.47. The van der Waals surface area contributed by atoms with Crippen molar-refractivity contribution < 1.29 is 19.3 Å². The van der Waals surface area contributed by atoms with Crippen LogP contribution in [0.15, 0.2) is 0 Å². The molecule has 0 aromatic rings. The average Bonchev–Trinajstić information content (AvgIpc) is 1.89. The summed E-state index contributed by atoms with van der Waals surface area (Å²) in [7, 11) is -0.567. The van der Waals surface area contributed by atoms with Crippen LogP contribution in [0.4, 0.5) is 0 Å². The summed E-state index contributed by atoms with van der Waals surface area (Å²) >= 11 is 0. The summed E-state index contributed by atoms with van der Waals surface area (Å²) in [5, 5.41) is 0. The Labute approximate surface area is 67.6 Å². The number of ether oxygens (including phenoxy) is 2. The third-order valence-corrected chi connectivity index (χ3v) is 4.49. The van der Waals surface area contributed by atoms with Crippen molar-refractivity contribution in [3.63, 3.8) is 0 Å². The van der Waals surface area contributed by atoms with Gasteiger partial charge in [0.15, 0.2) is 0 Å². The maximum absolute atomic E-state index is 9.50. The van der Waals surface area contributed by atoms with Gasteiger partial charge in [-0.05, 0) is 0 Å². The van der Waals surface area contributed by atoms with Crippen LogP contribution in [0.25, 0.3) is 0 Å². The molecule has 0 aliphatic rings. The molecule has 0 unspecified atom stereocenters. The molecular weight excluding hydrogens is 167 g/mol. The van der Waals surface area contributed by atoms with Crippen LogP contribution in [0.3, 0.4) is 0 Å². The normalized spacial score (nSPS) is 14.5. The first kappa shape index (κ1) is 11.3. The Bertz CT molecular complexity index is 111. The second-order valence-electron chi connectivity index (χ2n) is 2.74. The molecule has 0 rings (SSSR count). The summed E-state index contributed by atoms with van der Waals surface area (Å²) < 4.78 is 9.53. The van der Waals surface area contributed by atoms with Gasteiger partial charge in [0.05, 0.1) is 0 Å². The van der Waals surface area contributed by atoms with E-state index in [1.54, 1.807) is 13.8 Å². The minimum atomic E-state index is -3.35. The Balaban J connectivity index is 4.24. The summed E-state index contributed by atoms with van der Waals surface area (Å²) in [6.07, 6.45) is 0. The van der Waals surface area contributed by atoms with Gasteiger partial charge in [-0.1, -0.05) is 0 Å². The van der Waals surface area contributed by atoms with Gasteiger partial charge in [-0.15, -0.1) is 0 Å². The molecule has 0 aromatic carbocycles. The summed E-state index contributed by atoms with van der Waals surface area (Å²) in [5.41, 5.74) is -0.201. The van der Waals surface area contributed by atoms with Gasteiger partial charge in [0.25, 0.3) is 0 Å². The molecule has 2 N–H and O–H groups in total. The number of hydrogen-bond acceptors (Lipinski definition) is 4. The molecule has 0 aliphatic carbocycles. The van der Waals surface area contributed by atoms with Crippen LogP contribution in [-0.2, 0) is 9.47 Å². The molecule has 0 amide bonds. The Morgan fingerprint density at radius 2 is 1.45 bits per heavy atom. The summed E-state index contributed by atoms with van der Waals surface area (Å²) in [5.74, 6) is 0. The first-order chi connectivity index (χ1) is 4.96. The molecule has 0 fully saturated rings. The van der Waals surface area contributed by atoms with E-state index in [2.05, 4.69) is 0 Å². The van der Waals surface area contributed by atoms with Crippen LogP contribution in [0.5, 0.6) is 0 Å². The van der Waals surface area contributed by atoms with E-state index < -0.39 is 13.7 Å². The quantitative estimate of drug-likeness (QED) is 0.494. The zero-order chi connectivity index (χ0) is 9.07. The molecule has 0 atom stereocenters. The van der Waals surface area contributed by atoms with Crippen LogP contribution in [-0.4, -0.2) is 35.7 Å². The standard InChI is InChI=1S/C6H17O4P/c1-5(2)11(7,8)6(9-3)10-4/h5-8,11H,1-4H3. The van der Waals surface area contributed by atoms with E-state index in [0.717, 1.165) is 0 Å². The summed E-state index contributed by atoms with van der Waals surface area (Å²) in [4.78, 5) is 19.0. The van der Waals surface area contributed by atoms with E-state index in [1.807, 2.05) is 0 Å². The van der Waals surface area contributed by atoms with E-state index in [4.69, 9.17) is 9.47 Å². The predicted molar refractivity (Wildman–Crippen MR) is 45.7 cm³/mol. The van der Waals surface area contributed by atoms with Crippen molar-refractivity contribution in [2.75, 3.05) is 14.2 Å². The fraction of sp³-hybridized carbons (Fsp3) is 1.00. The average molecular weight is 184 g/mol. The predicted octanol–water partition coefficient (Wildman–Crippen LogP) is 0.536. The number of rotatable bonds is 4. The van der Waals surface area contributed by atoms with E-state index in [-0.39, 0.29) is 5.66 Å². The Hall–Kier alpha value is 0.270. The van der Waals surface area contributed by atoms with Gasteiger partial charge in [0, 0.05) is 0 Å². The third-order valence-electron chi connectivity index (χ3n) is 1.62. The molecule has 11 heavy (non-hydrogen) atoms. The van der Waals surface area contributed by atoms with Crippen molar-refractivity contribution in [3.05, 3.63) is 0 Å². The van der Waals surface area contributed by atoms with Crippen LogP contribution < -0.4 is 0 Å². The van der Waals surface area contributed by atoms with E-state index >= 15 is 0 Å². The van der Waals surface area contributed by atoms with Gasteiger partial charge >= 0.3 is 66.7 Å². The fourth-order valence-corrected chi connectivity index (χ4v) is 1.95. The molecule has 0 bridgehead atoms. The van der Waals surface area contributed by atoms with Gasteiger partial charge in [-0.2, -0.15) is 0 Å². The molecule has 5 heteroatoms. The fourth-order valence-electron chi connectivity index (χ4n) is 0.715. The van der Waals surface area contributed by atoms with Crippen LogP contribution in [0.2, 0.25) is 0 Å². The molecule has 0 aromatic heterocycles. The molecule has 0 saturated heterocycles. The second-order valence-corrected chi connectivity index (χ2v) is 5.93. The van der Waals surface area contributed by atoms with Crippen molar-refractivity contribution in [1.82, 2.24) is 0 Å². The number of methoxy groups -OCH3 is 2. The maximum atomic E-state index is 9.50. The van der Waals surface area contributed by atoms with Crippen LogP contribution in [0, 0.1) is 0 Å². The van der Waals surface area contributed by atoms with Crippen molar-refractivity contribution in [2.24, 2.45) is 0 Å². The molecular formula is C6H17O4P. The molecule has 70 valence electrons. The van der Waals surface area contributed by atoms with Crippen LogP contribution in [0.1, 0.15) is 13.8 Å². The van der Waals surface area contributed by atoms with Gasteiger partial charge in [-0.3, -0.25) is 0 Å². The Kier molecular flexibility index (Phi) is 4.44. The van der Waals surface area contributed by atoms with Crippen LogP contribution >= 0.6 is 7.72 Å². The van der Waals surface area contributed by atoms with E-state index in [0.29, 0.717) is 0 Å². The molecule has 0 aliphatic heterocycles. The Morgan fingerprint density at radius 3 is 1.55 bits per heavy atom. The van der Waals surface area contributed by atoms with Crippen molar-refractivity contribution >= 4 is 7.72 Å². The first-order valence-electron chi connectivity index (χ1n) is 3.47. The summed E-state index contributed by atoms with van der Waals surface area (Å²) in [6, 6.07) is -0.859. The molecule has 0 heterocycles. The van der Waals surface area contributed by atoms with Gasteiger partial charge in [-0.25, -0.2) is 0 Å². The SMILES string of the molecule is COC(OC)[PH](O)(O)C(C)C. The zero-order valence-corrected chi connectivity index (χ0v) is 8.37. The van der Waals surface area contributed by atoms with Crippen molar-refractivity contribution in [1.29, 1.82) is 0 Å². The Morgan fingerprint density at radius 1 is 1.09 bits per heavy atom. The van der Waals surface area contributed by atoms with Gasteiger partial charge in [0.1, 0.15) is 0 Å². The molecule has 0 saturated carbocycles. The molecule has 0 spiro atoms. The number of hydrogen-bond donors (Lipinski definition) is 2. The molecule has 0 radical (unpaired) electrons. The minimum absolute atomic E-state index is 0.201. The van der Waals surface area contributed by atoms with Crippen molar-refractivity contribution in [3.8, 4) is 0 Å². The topological polar surface area (TPSA) is 58.9 Å². The van der Waals surface area contributed by atoms with E-state index in [9.17, 15) is 9.79 Å². The first-order valence-corrected chi connectivity index (χ1v) is 5.52. The monoisotopic (exact) mass is 184 g/mol. The molecule has 4 nitrogen and oxygen atoms in total.